The molecular weight excluding hydrogens is 388 g/mol. The number of aryl methyl sites for hydroxylation is 1. The van der Waals surface area contributed by atoms with Crippen LogP contribution in [0.15, 0.2) is 18.2 Å². The first-order chi connectivity index (χ1) is 12.8. The van der Waals surface area contributed by atoms with Crippen molar-refractivity contribution in [2.75, 3.05) is 11.9 Å². The Hall–Kier alpha value is -2.56. The van der Waals surface area contributed by atoms with E-state index >= 15 is 0 Å². The average molecular weight is 407 g/mol. The molecule has 1 aromatic heterocycles. The minimum absolute atomic E-state index is 0.227. The van der Waals surface area contributed by atoms with E-state index in [1.54, 1.807) is 39.0 Å². The maximum absolute atomic E-state index is 12.5. The molecule has 1 heterocycles. The zero-order chi connectivity index (χ0) is 20.1. The molecule has 0 radical (unpaired) electrons. The number of amides is 1. The van der Waals surface area contributed by atoms with Gasteiger partial charge in [-0.25, -0.2) is 4.79 Å². The number of ether oxygens (including phenoxy) is 2. The number of nitrogens with zero attached hydrogens (tertiary/aromatic N) is 1. The highest BCUT2D eigenvalue weighted by Gasteiger charge is 2.24. The molecule has 0 aliphatic rings. The van der Waals surface area contributed by atoms with Crippen molar-refractivity contribution in [1.29, 1.82) is 5.26 Å². The van der Waals surface area contributed by atoms with E-state index in [0.717, 1.165) is 16.9 Å². The second-order valence-corrected chi connectivity index (χ2v) is 7.21. The molecule has 1 N–H and O–H groups in total. The van der Waals surface area contributed by atoms with Crippen LogP contribution in [0.25, 0.3) is 0 Å². The molecule has 27 heavy (non-hydrogen) atoms. The molecule has 0 spiro atoms. The lowest BCUT2D eigenvalue weighted by atomic mass is 10.1. The van der Waals surface area contributed by atoms with Gasteiger partial charge < -0.3 is 14.8 Å². The first-order valence-electron chi connectivity index (χ1n) is 8.22. The van der Waals surface area contributed by atoms with Crippen LogP contribution >= 0.6 is 22.9 Å². The third-order valence-corrected chi connectivity index (χ3v) is 5.19. The number of halogens is 1. The first kappa shape index (κ1) is 20.7. The van der Waals surface area contributed by atoms with Gasteiger partial charge in [-0.05, 0) is 57.0 Å². The Balaban J connectivity index is 2.18. The molecule has 0 saturated carbocycles. The number of hydrogen-bond acceptors (Lipinski definition) is 6. The minimum Gasteiger partial charge on any atom is -0.481 e. The van der Waals surface area contributed by atoms with E-state index in [1.165, 1.54) is 0 Å². The maximum atomic E-state index is 12.5. The van der Waals surface area contributed by atoms with Gasteiger partial charge in [-0.2, -0.15) is 5.26 Å². The SMILES string of the molecule is CCOC(=O)c1sc(NC(=O)C(C)Oc2ccc(Cl)cc2C)c(C#N)c1C. The van der Waals surface area contributed by atoms with Gasteiger partial charge >= 0.3 is 5.97 Å². The van der Waals surface area contributed by atoms with Gasteiger partial charge in [0.1, 0.15) is 21.7 Å². The van der Waals surface area contributed by atoms with Gasteiger partial charge in [0.05, 0.1) is 12.2 Å². The number of nitrogens with one attached hydrogen (secondary N) is 1. The summed E-state index contributed by atoms with van der Waals surface area (Å²) in [5.74, 6) is -0.410. The van der Waals surface area contributed by atoms with Crippen LogP contribution in [-0.4, -0.2) is 24.6 Å². The summed E-state index contributed by atoms with van der Waals surface area (Å²) >= 11 is 6.93. The Kier molecular flexibility index (Phi) is 6.83. The number of anilines is 1. The Labute approximate surface area is 166 Å². The number of esters is 1. The molecule has 0 aliphatic heterocycles. The number of nitriles is 1. The maximum Gasteiger partial charge on any atom is 0.348 e. The largest absolute Gasteiger partial charge is 0.481 e. The quantitative estimate of drug-likeness (QED) is 0.715. The molecule has 2 aromatic rings. The monoisotopic (exact) mass is 406 g/mol. The summed E-state index contributed by atoms with van der Waals surface area (Å²) in [7, 11) is 0. The number of carbonyl (C=O) groups is 2. The van der Waals surface area contributed by atoms with Crippen molar-refractivity contribution in [1.82, 2.24) is 0 Å². The normalized spacial score (nSPS) is 11.4. The molecule has 0 aliphatic carbocycles. The van der Waals surface area contributed by atoms with Crippen LogP contribution < -0.4 is 10.1 Å². The van der Waals surface area contributed by atoms with E-state index in [1.807, 2.05) is 13.0 Å². The lowest BCUT2D eigenvalue weighted by Crippen LogP contribution is -2.30. The fraction of sp³-hybridized carbons (Fsp3) is 0.316. The third kappa shape index (κ3) is 4.79. The van der Waals surface area contributed by atoms with Crippen LogP contribution in [0.2, 0.25) is 5.02 Å². The van der Waals surface area contributed by atoms with Crippen LogP contribution in [0.4, 0.5) is 5.00 Å². The van der Waals surface area contributed by atoms with Crippen molar-refractivity contribution in [3.05, 3.63) is 44.8 Å². The summed E-state index contributed by atoms with van der Waals surface area (Å²) in [6, 6.07) is 7.13. The summed E-state index contributed by atoms with van der Waals surface area (Å²) in [5.41, 5.74) is 1.53. The lowest BCUT2D eigenvalue weighted by Gasteiger charge is -2.16. The van der Waals surface area contributed by atoms with Gasteiger partial charge in [0.15, 0.2) is 6.10 Å². The second-order valence-electron chi connectivity index (χ2n) is 5.75. The standard InChI is InChI=1S/C19H19ClN2O4S/c1-5-25-19(24)16-11(3)14(9-21)18(27-16)22-17(23)12(4)26-15-7-6-13(20)8-10(15)2/h6-8,12H,5H2,1-4H3,(H,22,23). The molecular formula is C19H19ClN2O4S. The average Bonchev–Trinajstić information content (AvgIpc) is 2.92. The van der Waals surface area contributed by atoms with Crippen LogP contribution in [0.3, 0.4) is 0 Å². The lowest BCUT2D eigenvalue weighted by molar-refractivity contribution is -0.122. The molecule has 0 fully saturated rings. The Bertz CT molecular complexity index is 917. The summed E-state index contributed by atoms with van der Waals surface area (Å²) in [6.45, 7) is 7.00. The fourth-order valence-corrected chi connectivity index (χ4v) is 3.61. The molecule has 6 nitrogen and oxygen atoms in total. The number of hydrogen-bond donors (Lipinski definition) is 1. The molecule has 142 valence electrons. The van der Waals surface area contributed by atoms with Crippen LogP contribution in [0, 0.1) is 25.2 Å². The zero-order valence-electron chi connectivity index (χ0n) is 15.4. The number of thiophene rings is 1. The van der Waals surface area contributed by atoms with Crippen molar-refractivity contribution in [2.24, 2.45) is 0 Å². The smallest absolute Gasteiger partial charge is 0.348 e. The number of benzene rings is 1. The van der Waals surface area contributed by atoms with Crippen molar-refractivity contribution in [3.8, 4) is 11.8 Å². The van der Waals surface area contributed by atoms with Gasteiger partial charge in [0, 0.05) is 5.02 Å². The molecule has 0 bridgehead atoms. The summed E-state index contributed by atoms with van der Waals surface area (Å²) < 4.78 is 10.7. The number of rotatable bonds is 6. The van der Waals surface area contributed by atoms with Crippen LogP contribution in [-0.2, 0) is 9.53 Å². The van der Waals surface area contributed by atoms with Crippen molar-refractivity contribution in [3.63, 3.8) is 0 Å². The van der Waals surface area contributed by atoms with E-state index in [9.17, 15) is 14.9 Å². The predicted molar refractivity (Wildman–Crippen MR) is 105 cm³/mol. The van der Waals surface area contributed by atoms with E-state index in [0.29, 0.717) is 26.2 Å². The van der Waals surface area contributed by atoms with Gasteiger partial charge in [-0.15, -0.1) is 11.3 Å². The summed E-state index contributed by atoms with van der Waals surface area (Å²) in [6.07, 6.45) is -0.815. The zero-order valence-corrected chi connectivity index (χ0v) is 17.0. The highest BCUT2D eigenvalue weighted by molar-refractivity contribution is 7.18. The van der Waals surface area contributed by atoms with Crippen molar-refractivity contribution < 1.29 is 19.1 Å². The topological polar surface area (TPSA) is 88.4 Å². The highest BCUT2D eigenvalue weighted by atomic mass is 35.5. The van der Waals surface area contributed by atoms with Gasteiger partial charge in [-0.3, -0.25) is 4.79 Å². The molecule has 0 saturated heterocycles. The van der Waals surface area contributed by atoms with Gasteiger partial charge in [0.25, 0.3) is 5.91 Å². The fourth-order valence-electron chi connectivity index (χ4n) is 2.33. The molecule has 1 aromatic carbocycles. The predicted octanol–water partition coefficient (Wildman–Crippen LogP) is 4.47. The van der Waals surface area contributed by atoms with Crippen molar-refractivity contribution in [2.45, 2.75) is 33.8 Å². The highest BCUT2D eigenvalue weighted by Crippen LogP contribution is 2.33. The van der Waals surface area contributed by atoms with Crippen LogP contribution in [0.5, 0.6) is 5.75 Å². The molecule has 8 heteroatoms. The van der Waals surface area contributed by atoms with E-state index in [2.05, 4.69) is 5.32 Å². The van der Waals surface area contributed by atoms with Crippen molar-refractivity contribution >= 4 is 39.8 Å². The van der Waals surface area contributed by atoms with E-state index in [4.69, 9.17) is 21.1 Å². The minimum atomic E-state index is -0.815. The summed E-state index contributed by atoms with van der Waals surface area (Å²) in [4.78, 5) is 24.8. The van der Waals surface area contributed by atoms with E-state index in [-0.39, 0.29) is 12.2 Å². The number of carbonyl (C=O) groups excluding carboxylic acids is 2. The Morgan fingerprint density at radius 2 is 2.07 bits per heavy atom. The molecule has 2 rings (SSSR count). The third-order valence-electron chi connectivity index (χ3n) is 3.77. The molecule has 1 unspecified atom stereocenters. The molecule has 1 amide bonds. The van der Waals surface area contributed by atoms with E-state index < -0.39 is 18.0 Å². The Morgan fingerprint density at radius 1 is 1.37 bits per heavy atom. The second kappa shape index (κ2) is 8.89. The van der Waals surface area contributed by atoms with Gasteiger partial charge in [0.2, 0.25) is 0 Å². The Morgan fingerprint density at radius 3 is 2.67 bits per heavy atom. The molecule has 1 atom stereocenters. The van der Waals surface area contributed by atoms with Gasteiger partial charge in [-0.1, -0.05) is 11.6 Å². The van der Waals surface area contributed by atoms with Crippen LogP contribution in [0.1, 0.15) is 40.2 Å². The first-order valence-corrected chi connectivity index (χ1v) is 9.42. The summed E-state index contributed by atoms with van der Waals surface area (Å²) in [5, 5.41) is 12.9.